The van der Waals surface area contributed by atoms with Gasteiger partial charge < -0.3 is 9.47 Å². The molecule has 0 aliphatic carbocycles. The van der Waals surface area contributed by atoms with Crippen molar-refractivity contribution in [2.75, 3.05) is 13.6 Å². The van der Waals surface area contributed by atoms with Gasteiger partial charge in [-0.15, -0.1) is 0 Å². The fraction of sp³-hybridized carbons (Fsp3) is 0.750. The fourth-order valence-electron chi connectivity index (χ4n) is 1.09. The maximum atomic E-state index is 5.75. The molecule has 0 bridgehead atoms. The van der Waals surface area contributed by atoms with E-state index in [9.17, 15) is 0 Å². The molecule has 3 heteroatoms. The van der Waals surface area contributed by atoms with Crippen molar-refractivity contribution in [3.05, 3.63) is 12.1 Å². The van der Waals surface area contributed by atoms with Crippen LogP contribution >= 0.6 is 0 Å². The standard InChI is InChI=1S/C8H16BNO/c1-8(2,3)11-9-6-5-7-10(9)4/h5-6H,7H2,1-4H3. The van der Waals surface area contributed by atoms with Crippen molar-refractivity contribution in [3.8, 4) is 0 Å². The molecule has 1 aliphatic rings. The van der Waals surface area contributed by atoms with Crippen LogP contribution < -0.4 is 0 Å². The molecule has 0 saturated carbocycles. The van der Waals surface area contributed by atoms with Gasteiger partial charge in [-0.2, -0.15) is 0 Å². The van der Waals surface area contributed by atoms with Crippen molar-refractivity contribution >= 4 is 7.05 Å². The molecule has 0 aromatic heterocycles. The minimum atomic E-state index is -0.0480. The normalized spacial score (nSPS) is 19.8. The summed E-state index contributed by atoms with van der Waals surface area (Å²) in [7, 11) is 2.24. The molecule has 1 heterocycles. The first kappa shape index (κ1) is 8.82. The van der Waals surface area contributed by atoms with Gasteiger partial charge in [0.25, 0.3) is 0 Å². The minimum absolute atomic E-state index is 0.0480. The summed E-state index contributed by atoms with van der Waals surface area (Å²) < 4.78 is 5.75. The number of nitrogens with zero attached hydrogens (tertiary/aromatic N) is 1. The predicted octanol–water partition coefficient (Wildman–Crippen LogP) is 1.33. The van der Waals surface area contributed by atoms with E-state index in [2.05, 4.69) is 44.7 Å². The topological polar surface area (TPSA) is 12.5 Å². The van der Waals surface area contributed by atoms with Crippen LogP contribution in [0.5, 0.6) is 0 Å². The van der Waals surface area contributed by atoms with E-state index < -0.39 is 0 Å². The van der Waals surface area contributed by atoms with Gasteiger partial charge in [-0.25, -0.2) is 0 Å². The summed E-state index contributed by atoms with van der Waals surface area (Å²) in [5.74, 6) is 2.10. The van der Waals surface area contributed by atoms with Gasteiger partial charge in [-0.1, -0.05) is 12.1 Å². The van der Waals surface area contributed by atoms with Crippen molar-refractivity contribution in [3.63, 3.8) is 0 Å². The highest BCUT2D eigenvalue weighted by Gasteiger charge is 2.27. The average Bonchev–Trinajstić information content (AvgIpc) is 2.12. The van der Waals surface area contributed by atoms with Crippen LogP contribution in [0.15, 0.2) is 12.1 Å². The van der Waals surface area contributed by atoms with Gasteiger partial charge in [0, 0.05) is 12.1 Å². The van der Waals surface area contributed by atoms with Gasteiger partial charge >= 0.3 is 7.05 Å². The minimum Gasteiger partial charge on any atom is -0.413 e. The second-order valence-corrected chi connectivity index (χ2v) is 3.99. The van der Waals surface area contributed by atoms with Crippen LogP contribution in [-0.4, -0.2) is 31.1 Å². The summed E-state index contributed by atoms with van der Waals surface area (Å²) in [6.07, 6.45) is 2.14. The molecular formula is C8H16BNO. The first-order chi connectivity index (χ1) is 4.99. The average molecular weight is 153 g/mol. The first-order valence-corrected chi connectivity index (χ1v) is 4.04. The van der Waals surface area contributed by atoms with Crippen LogP contribution in [0.3, 0.4) is 0 Å². The summed E-state index contributed by atoms with van der Waals surface area (Å²) in [4.78, 5) is 2.17. The van der Waals surface area contributed by atoms with E-state index >= 15 is 0 Å². The zero-order valence-electron chi connectivity index (χ0n) is 7.79. The Balaban J connectivity index is 2.43. The summed E-state index contributed by atoms with van der Waals surface area (Å²) in [5.41, 5.74) is -0.0480. The van der Waals surface area contributed by atoms with Gasteiger partial charge in [0.1, 0.15) is 0 Å². The largest absolute Gasteiger partial charge is 0.413 e. The smallest absolute Gasteiger partial charge is 0.411 e. The van der Waals surface area contributed by atoms with Crippen LogP contribution in [-0.2, 0) is 4.65 Å². The third-order valence-corrected chi connectivity index (χ3v) is 1.60. The lowest BCUT2D eigenvalue weighted by molar-refractivity contribution is 0.117. The number of hydrogen-bond acceptors (Lipinski definition) is 2. The Morgan fingerprint density at radius 2 is 2.09 bits per heavy atom. The van der Waals surface area contributed by atoms with Gasteiger partial charge in [0.15, 0.2) is 0 Å². The Hall–Kier alpha value is -0.275. The summed E-state index contributed by atoms with van der Waals surface area (Å²) in [6.45, 7) is 7.23. The number of rotatable bonds is 1. The third-order valence-electron chi connectivity index (χ3n) is 1.60. The highest BCUT2D eigenvalue weighted by atomic mass is 16.5. The van der Waals surface area contributed by atoms with E-state index in [1.165, 1.54) is 0 Å². The first-order valence-electron chi connectivity index (χ1n) is 4.04. The van der Waals surface area contributed by atoms with Gasteiger partial charge in [0.05, 0.1) is 0 Å². The lowest BCUT2D eigenvalue weighted by Gasteiger charge is -2.26. The third kappa shape index (κ3) is 2.68. The molecule has 11 heavy (non-hydrogen) atoms. The monoisotopic (exact) mass is 153 g/mol. The Morgan fingerprint density at radius 1 is 1.45 bits per heavy atom. The highest BCUT2D eigenvalue weighted by Crippen LogP contribution is 2.13. The molecule has 0 fully saturated rings. The SMILES string of the molecule is CN1CC=CB1OC(C)(C)C. The molecule has 1 aliphatic heterocycles. The molecule has 2 nitrogen and oxygen atoms in total. The van der Waals surface area contributed by atoms with Crippen molar-refractivity contribution in [2.24, 2.45) is 0 Å². The van der Waals surface area contributed by atoms with Crippen LogP contribution in [0, 0.1) is 0 Å². The van der Waals surface area contributed by atoms with Crippen molar-refractivity contribution < 1.29 is 4.65 Å². The summed E-state index contributed by atoms with van der Waals surface area (Å²) in [5, 5.41) is 0. The molecule has 0 atom stereocenters. The maximum Gasteiger partial charge on any atom is 0.411 e. The van der Waals surface area contributed by atoms with Gasteiger partial charge in [0.2, 0.25) is 0 Å². The quantitative estimate of drug-likeness (QED) is 0.527. The predicted molar refractivity (Wildman–Crippen MR) is 48.4 cm³/mol. The molecule has 0 spiro atoms. The number of hydrogen-bond donors (Lipinski definition) is 0. The molecule has 0 N–H and O–H groups in total. The fourth-order valence-corrected chi connectivity index (χ4v) is 1.09. The molecule has 0 saturated heterocycles. The second kappa shape index (κ2) is 2.99. The van der Waals surface area contributed by atoms with E-state index in [-0.39, 0.29) is 12.7 Å². The van der Waals surface area contributed by atoms with E-state index in [1.807, 2.05) is 0 Å². The Bertz CT molecular complexity index is 162. The van der Waals surface area contributed by atoms with Gasteiger partial charge in [-0.3, -0.25) is 0 Å². The van der Waals surface area contributed by atoms with Crippen LogP contribution in [0.4, 0.5) is 0 Å². The summed E-state index contributed by atoms with van der Waals surface area (Å²) in [6, 6.07) is 0. The second-order valence-electron chi connectivity index (χ2n) is 3.99. The van der Waals surface area contributed by atoms with Crippen LogP contribution in [0.25, 0.3) is 0 Å². The van der Waals surface area contributed by atoms with Crippen molar-refractivity contribution in [1.29, 1.82) is 0 Å². The molecule has 0 amide bonds. The zero-order valence-corrected chi connectivity index (χ0v) is 7.79. The molecule has 0 aromatic rings. The molecule has 1 rings (SSSR count). The van der Waals surface area contributed by atoms with Crippen LogP contribution in [0.1, 0.15) is 20.8 Å². The lowest BCUT2D eigenvalue weighted by atomic mass is 9.82. The van der Waals surface area contributed by atoms with E-state index in [0.29, 0.717) is 0 Å². The van der Waals surface area contributed by atoms with E-state index in [1.54, 1.807) is 0 Å². The Kier molecular flexibility index (Phi) is 2.40. The molecule has 0 radical (unpaired) electrons. The lowest BCUT2D eigenvalue weighted by Crippen LogP contribution is -2.39. The Labute approximate surface area is 69.4 Å². The Morgan fingerprint density at radius 3 is 2.45 bits per heavy atom. The van der Waals surface area contributed by atoms with Crippen LogP contribution in [0.2, 0.25) is 0 Å². The molecule has 0 unspecified atom stereocenters. The van der Waals surface area contributed by atoms with E-state index in [4.69, 9.17) is 4.65 Å². The molecule has 0 aromatic carbocycles. The molecule has 62 valence electrons. The van der Waals surface area contributed by atoms with Gasteiger partial charge in [-0.05, 0) is 27.8 Å². The number of likely N-dealkylation sites (N-methyl/N-ethyl adjacent to an activating group) is 1. The molecular weight excluding hydrogens is 137 g/mol. The maximum absolute atomic E-state index is 5.75. The van der Waals surface area contributed by atoms with E-state index in [0.717, 1.165) is 6.54 Å². The van der Waals surface area contributed by atoms with Crippen molar-refractivity contribution in [2.45, 2.75) is 26.4 Å². The van der Waals surface area contributed by atoms with Crippen molar-refractivity contribution in [1.82, 2.24) is 4.81 Å². The summed E-state index contributed by atoms with van der Waals surface area (Å²) >= 11 is 0. The zero-order chi connectivity index (χ0) is 8.48. The highest BCUT2D eigenvalue weighted by molar-refractivity contribution is 6.55.